The van der Waals surface area contributed by atoms with E-state index in [4.69, 9.17) is 0 Å². The second-order valence-electron chi connectivity index (χ2n) is 4.71. The monoisotopic (exact) mass is 183 g/mol. The molecule has 0 saturated heterocycles. The molecule has 0 aromatic carbocycles. The summed E-state index contributed by atoms with van der Waals surface area (Å²) >= 11 is 0. The summed E-state index contributed by atoms with van der Waals surface area (Å²) in [7, 11) is 0. The molecule has 2 nitrogen and oxygen atoms in total. The maximum atomic E-state index is 9.59. The standard InChI is InChI=1S/C11H21NO/c13-11-6-2-5-10(11)8-12-7-9-3-1-4-9/h9-13H,1-8H2. The molecule has 2 fully saturated rings. The number of rotatable bonds is 4. The van der Waals surface area contributed by atoms with Crippen LogP contribution in [0.2, 0.25) is 0 Å². The van der Waals surface area contributed by atoms with Crippen LogP contribution in [-0.4, -0.2) is 24.3 Å². The number of aliphatic hydroxyl groups excluding tert-OH is 1. The average molecular weight is 183 g/mol. The molecule has 2 aliphatic rings. The van der Waals surface area contributed by atoms with E-state index in [0.717, 1.165) is 18.9 Å². The lowest BCUT2D eigenvalue weighted by atomic mass is 9.85. The summed E-state index contributed by atoms with van der Waals surface area (Å²) in [5.41, 5.74) is 0. The van der Waals surface area contributed by atoms with Gasteiger partial charge in [0, 0.05) is 6.54 Å². The van der Waals surface area contributed by atoms with Gasteiger partial charge in [-0.1, -0.05) is 12.8 Å². The average Bonchev–Trinajstić information content (AvgIpc) is 2.42. The highest BCUT2D eigenvalue weighted by Gasteiger charge is 2.25. The van der Waals surface area contributed by atoms with Crippen molar-refractivity contribution < 1.29 is 5.11 Å². The predicted molar refractivity (Wildman–Crippen MR) is 53.6 cm³/mol. The molecule has 2 atom stereocenters. The predicted octanol–water partition coefficient (Wildman–Crippen LogP) is 1.54. The van der Waals surface area contributed by atoms with Crippen LogP contribution in [-0.2, 0) is 0 Å². The van der Waals surface area contributed by atoms with E-state index in [-0.39, 0.29) is 6.10 Å². The first-order valence-electron chi connectivity index (χ1n) is 5.75. The van der Waals surface area contributed by atoms with Crippen LogP contribution in [0.15, 0.2) is 0 Å². The van der Waals surface area contributed by atoms with Gasteiger partial charge in [-0.15, -0.1) is 0 Å². The van der Waals surface area contributed by atoms with E-state index >= 15 is 0 Å². The van der Waals surface area contributed by atoms with Crippen molar-refractivity contribution >= 4 is 0 Å². The van der Waals surface area contributed by atoms with E-state index in [1.165, 1.54) is 38.6 Å². The Morgan fingerprint density at radius 2 is 1.77 bits per heavy atom. The third kappa shape index (κ3) is 2.44. The molecule has 2 saturated carbocycles. The van der Waals surface area contributed by atoms with Crippen LogP contribution in [0.1, 0.15) is 38.5 Å². The Labute approximate surface area is 80.7 Å². The van der Waals surface area contributed by atoms with Gasteiger partial charge in [-0.05, 0) is 44.1 Å². The minimum Gasteiger partial charge on any atom is -0.393 e. The molecule has 76 valence electrons. The van der Waals surface area contributed by atoms with Crippen molar-refractivity contribution in [3.8, 4) is 0 Å². The Bertz CT molecular complexity index is 156. The minimum absolute atomic E-state index is 0.0195. The van der Waals surface area contributed by atoms with Crippen molar-refractivity contribution in [2.24, 2.45) is 11.8 Å². The maximum Gasteiger partial charge on any atom is 0.0580 e. The van der Waals surface area contributed by atoms with Crippen LogP contribution in [0.25, 0.3) is 0 Å². The first-order chi connectivity index (χ1) is 6.36. The summed E-state index contributed by atoms with van der Waals surface area (Å²) in [5.74, 6) is 1.48. The molecule has 0 aromatic heterocycles. The van der Waals surface area contributed by atoms with Gasteiger partial charge in [-0.3, -0.25) is 0 Å². The highest BCUT2D eigenvalue weighted by Crippen LogP contribution is 2.27. The zero-order valence-corrected chi connectivity index (χ0v) is 8.34. The second-order valence-corrected chi connectivity index (χ2v) is 4.71. The lowest BCUT2D eigenvalue weighted by Gasteiger charge is -2.26. The highest BCUT2D eigenvalue weighted by atomic mass is 16.3. The maximum absolute atomic E-state index is 9.59. The molecule has 2 N–H and O–H groups in total. The molecule has 2 heteroatoms. The first-order valence-corrected chi connectivity index (χ1v) is 5.75. The Hall–Kier alpha value is -0.0800. The van der Waals surface area contributed by atoms with Crippen LogP contribution in [0.4, 0.5) is 0 Å². The van der Waals surface area contributed by atoms with Gasteiger partial charge in [0.1, 0.15) is 0 Å². The van der Waals surface area contributed by atoms with E-state index < -0.39 is 0 Å². The van der Waals surface area contributed by atoms with Crippen molar-refractivity contribution in [3.63, 3.8) is 0 Å². The summed E-state index contributed by atoms with van der Waals surface area (Å²) in [4.78, 5) is 0. The third-order valence-electron chi connectivity index (χ3n) is 3.68. The molecular weight excluding hydrogens is 162 g/mol. The van der Waals surface area contributed by atoms with Crippen molar-refractivity contribution in [1.29, 1.82) is 0 Å². The molecule has 0 radical (unpaired) electrons. The third-order valence-corrected chi connectivity index (χ3v) is 3.68. The summed E-state index contributed by atoms with van der Waals surface area (Å²) in [6, 6.07) is 0. The highest BCUT2D eigenvalue weighted by molar-refractivity contribution is 4.79. The van der Waals surface area contributed by atoms with E-state index in [1.54, 1.807) is 0 Å². The molecular formula is C11H21NO. The fraction of sp³-hybridized carbons (Fsp3) is 1.00. The van der Waals surface area contributed by atoms with Crippen LogP contribution in [0.5, 0.6) is 0 Å². The van der Waals surface area contributed by atoms with Gasteiger partial charge in [0.05, 0.1) is 6.10 Å². The van der Waals surface area contributed by atoms with Crippen molar-refractivity contribution in [1.82, 2.24) is 5.32 Å². The number of hydrogen-bond donors (Lipinski definition) is 2. The van der Waals surface area contributed by atoms with Gasteiger partial charge in [0.15, 0.2) is 0 Å². The van der Waals surface area contributed by atoms with Gasteiger partial charge >= 0.3 is 0 Å². The van der Waals surface area contributed by atoms with E-state index in [0.29, 0.717) is 5.92 Å². The van der Waals surface area contributed by atoms with Crippen LogP contribution >= 0.6 is 0 Å². The van der Waals surface area contributed by atoms with Gasteiger partial charge < -0.3 is 10.4 Å². The largest absolute Gasteiger partial charge is 0.393 e. The molecule has 2 rings (SSSR count). The SMILES string of the molecule is OC1CCCC1CNCC1CCC1. The number of hydrogen-bond acceptors (Lipinski definition) is 2. The summed E-state index contributed by atoms with van der Waals surface area (Å²) < 4.78 is 0. The molecule has 0 spiro atoms. The fourth-order valence-electron chi connectivity index (χ4n) is 2.43. The zero-order valence-electron chi connectivity index (χ0n) is 8.34. The molecule has 0 bridgehead atoms. The van der Waals surface area contributed by atoms with Gasteiger partial charge in [0.25, 0.3) is 0 Å². The topological polar surface area (TPSA) is 32.3 Å². The molecule has 0 aromatic rings. The van der Waals surface area contributed by atoms with Crippen molar-refractivity contribution in [3.05, 3.63) is 0 Å². The van der Waals surface area contributed by atoms with Crippen LogP contribution in [0.3, 0.4) is 0 Å². The molecule has 2 unspecified atom stereocenters. The zero-order chi connectivity index (χ0) is 9.10. The molecule has 0 aliphatic heterocycles. The molecule has 0 heterocycles. The Morgan fingerprint density at radius 3 is 2.31 bits per heavy atom. The van der Waals surface area contributed by atoms with Crippen molar-refractivity contribution in [2.45, 2.75) is 44.6 Å². The Balaban J connectivity index is 1.56. The number of aliphatic hydroxyl groups is 1. The quantitative estimate of drug-likeness (QED) is 0.693. The summed E-state index contributed by atoms with van der Waals surface area (Å²) in [5, 5.41) is 13.1. The van der Waals surface area contributed by atoms with E-state index in [1.807, 2.05) is 0 Å². The Kier molecular flexibility index (Phi) is 3.23. The minimum atomic E-state index is -0.0195. The van der Waals surface area contributed by atoms with Crippen LogP contribution < -0.4 is 5.32 Å². The second kappa shape index (κ2) is 4.43. The summed E-state index contributed by atoms with van der Waals surface area (Å²) in [6.45, 7) is 2.22. The van der Waals surface area contributed by atoms with Gasteiger partial charge in [-0.2, -0.15) is 0 Å². The first kappa shape index (κ1) is 9.47. The van der Waals surface area contributed by atoms with Crippen molar-refractivity contribution in [2.75, 3.05) is 13.1 Å². The van der Waals surface area contributed by atoms with Gasteiger partial charge in [-0.25, -0.2) is 0 Å². The lowest BCUT2D eigenvalue weighted by molar-refractivity contribution is 0.130. The summed E-state index contributed by atoms with van der Waals surface area (Å²) in [6.07, 6.45) is 7.71. The Morgan fingerprint density at radius 1 is 1.00 bits per heavy atom. The molecule has 13 heavy (non-hydrogen) atoms. The van der Waals surface area contributed by atoms with Gasteiger partial charge in [0.2, 0.25) is 0 Å². The smallest absolute Gasteiger partial charge is 0.0580 e. The molecule has 0 amide bonds. The molecule has 2 aliphatic carbocycles. The fourth-order valence-corrected chi connectivity index (χ4v) is 2.43. The van der Waals surface area contributed by atoms with Crippen LogP contribution in [0, 0.1) is 11.8 Å². The van der Waals surface area contributed by atoms with E-state index in [2.05, 4.69) is 5.32 Å². The number of nitrogens with one attached hydrogen (secondary N) is 1. The normalized spacial score (nSPS) is 34.8. The van der Waals surface area contributed by atoms with E-state index in [9.17, 15) is 5.11 Å². The lowest BCUT2D eigenvalue weighted by Crippen LogP contribution is -2.33.